The molecule has 0 amide bonds. The Hall–Kier alpha value is -4.41. The molecule has 1 aromatic heterocycles. The lowest BCUT2D eigenvalue weighted by Gasteiger charge is -2.15. The van der Waals surface area contributed by atoms with Gasteiger partial charge < -0.3 is 39.0 Å². The Labute approximate surface area is 196 Å². The molecule has 11 heteroatoms. The van der Waals surface area contributed by atoms with E-state index in [-0.39, 0.29) is 0 Å². The summed E-state index contributed by atoms with van der Waals surface area (Å²) in [4.78, 5) is 22.7. The van der Waals surface area contributed by atoms with E-state index in [1.54, 1.807) is 28.4 Å². The highest BCUT2D eigenvalue weighted by Gasteiger charge is 2.14. The fraction of sp³-hybridized carbons (Fsp3) is 0.261. The molecule has 0 atom stereocenters. The van der Waals surface area contributed by atoms with E-state index in [1.165, 1.54) is 0 Å². The fourth-order valence-corrected chi connectivity index (χ4v) is 3.04. The van der Waals surface area contributed by atoms with Crippen LogP contribution < -0.4 is 24.3 Å². The molecule has 0 fully saturated rings. The van der Waals surface area contributed by atoms with Crippen molar-refractivity contribution in [1.29, 1.82) is 0 Å². The average molecular weight is 473 g/mol. The molecule has 11 nitrogen and oxygen atoms in total. The maximum atomic E-state index is 9.10. The van der Waals surface area contributed by atoms with Crippen LogP contribution in [0.3, 0.4) is 0 Å². The number of nitrogens with zero attached hydrogens (tertiary/aromatic N) is 2. The molecule has 3 rings (SSSR count). The van der Waals surface area contributed by atoms with E-state index in [2.05, 4.69) is 10.3 Å². The molecule has 0 bridgehead atoms. The van der Waals surface area contributed by atoms with Gasteiger partial charge >= 0.3 is 11.9 Å². The third-order valence-corrected chi connectivity index (χ3v) is 4.71. The van der Waals surface area contributed by atoms with Crippen molar-refractivity contribution in [1.82, 2.24) is 9.55 Å². The molecule has 1 heterocycles. The zero-order chi connectivity index (χ0) is 25.3. The molecule has 0 aliphatic carbocycles. The number of ether oxygens (including phenoxy) is 4. The molecule has 0 unspecified atom stereocenters. The molecule has 0 aliphatic heterocycles. The lowest BCUT2D eigenvalue weighted by molar-refractivity contribution is -0.159. The second-order valence-electron chi connectivity index (χ2n) is 6.76. The van der Waals surface area contributed by atoms with Gasteiger partial charge in [-0.05, 0) is 29.8 Å². The van der Waals surface area contributed by atoms with E-state index in [1.807, 2.05) is 54.2 Å². The number of anilines is 1. The largest absolute Gasteiger partial charge is 0.497 e. The lowest BCUT2D eigenvalue weighted by Crippen LogP contribution is -2.09. The Morgan fingerprint density at radius 2 is 1.56 bits per heavy atom. The van der Waals surface area contributed by atoms with Crippen LogP contribution >= 0.6 is 0 Å². The number of methoxy groups -OCH3 is 4. The Bertz CT molecular complexity index is 1110. The van der Waals surface area contributed by atoms with Gasteiger partial charge in [-0.25, -0.2) is 14.6 Å². The van der Waals surface area contributed by atoms with Gasteiger partial charge in [-0.15, -0.1) is 0 Å². The van der Waals surface area contributed by atoms with Crippen LogP contribution in [0, 0.1) is 0 Å². The number of imidazole rings is 1. The summed E-state index contributed by atoms with van der Waals surface area (Å²) in [5, 5.41) is 18.1. The van der Waals surface area contributed by atoms with Crippen molar-refractivity contribution in [3.8, 4) is 34.3 Å². The first kappa shape index (κ1) is 25.8. The van der Waals surface area contributed by atoms with Gasteiger partial charge in [-0.1, -0.05) is 12.1 Å². The van der Waals surface area contributed by atoms with Crippen LogP contribution in [0.2, 0.25) is 0 Å². The Kier molecular flexibility index (Phi) is 9.12. The normalized spacial score (nSPS) is 9.91. The van der Waals surface area contributed by atoms with Crippen molar-refractivity contribution >= 4 is 17.9 Å². The van der Waals surface area contributed by atoms with Gasteiger partial charge in [0.2, 0.25) is 11.7 Å². The van der Waals surface area contributed by atoms with Crippen LogP contribution in [0.5, 0.6) is 23.0 Å². The smallest absolute Gasteiger partial charge is 0.414 e. The highest BCUT2D eigenvalue weighted by molar-refractivity contribution is 6.27. The number of nitrogens with one attached hydrogen (secondary N) is 1. The first-order chi connectivity index (χ1) is 16.2. The van der Waals surface area contributed by atoms with Crippen LogP contribution in [-0.2, 0) is 23.2 Å². The van der Waals surface area contributed by atoms with Crippen LogP contribution in [-0.4, -0.2) is 60.1 Å². The predicted octanol–water partition coefficient (Wildman–Crippen LogP) is 2.89. The van der Waals surface area contributed by atoms with Crippen LogP contribution in [0.1, 0.15) is 5.56 Å². The second-order valence-corrected chi connectivity index (χ2v) is 6.76. The van der Waals surface area contributed by atoms with Gasteiger partial charge in [0.15, 0.2) is 11.5 Å². The highest BCUT2D eigenvalue weighted by atomic mass is 16.5. The first-order valence-corrected chi connectivity index (χ1v) is 9.90. The van der Waals surface area contributed by atoms with Crippen molar-refractivity contribution in [2.45, 2.75) is 6.54 Å². The summed E-state index contributed by atoms with van der Waals surface area (Å²) in [5.74, 6) is -0.264. The number of aromatic nitrogens is 2. The second kappa shape index (κ2) is 12.0. The number of hydrogen-bond donors (Lipinski definition) is 3. The minimum absolute atomic E-state index is 0.555. The Morgan fingerprint density at radius 3 is 2.06 bits per heavy atom. The van der Waals surface area contributed by atoms with Crippen molar-refractivity contribution in [3.63, 3.8) is 0 Å². The Morgan fingerprint density at radius 1 is 0.941 bits per heavy atom. The number of aliphatic carboxylic acids is 2. The van der Waals surface area contributed by atoms with Crippen molar-refractivity contribution < 1.29 is 38.7 Å². The van der Waals surface area contributed by atoms with E-state index in [4.69, 9.17) is 38.7 Å². The van der Waals surface area contributed by atoms with E-state index in [9.17, 15) is 0 Å². The van der Waals surface area contributed by atoms with Gasteiger partial charge in [0.1, 0.15) is 5.75 Å². The maximum Gasteiger partial charge on any atom is 0.414 e. The number of carbonyl (C=O) groups is 2. The van der Waals surface area contributed by atoms with E-state index in [0.717, 1.165) is 28.5 Å². The quantitative estimate of drug-likeness (QED) is 0.418. The summed E-state index contributed by atoms with van der Waals surface area (Å²) in [7, 11) is 8.43. The molecule has 3 N–H and O–H groups in total. The highest BCUT2D eigenvalue weighted by Crippen LogP contribution is 2.38. The van der Waals surface area contributed by atoms with Crippen molar-refractivity contribution in [2.75, 3.05) is 33.8 Å². The lowest BCUT2D eigenvalue weighted by atomic mass is 10.1. The molecule has 2 aromatic carbocycles. The summed E-state index contributed by atoms with van der Waals surface area (Å²) in [5.41, 5.74) is 3.02. The van der Waals surface area contributed by atoms with E-state index in [0.29, 0.717) is 23.8 Å². The van der Waals surface area contributed by atoms with Gasteiger partial charge in [0, 0.05) is 19.2 Å². The summed E-state index contributed by atoms with van der Waals surface area (Å²) in [6.07, 6.45) is 1.84. The van der Waals surface area contributed by atoms with Gasteiger partial charge in [0.25, 0.3) is 0 Å². The minimum atomic E-state index is -1.82. The van der Waals surface area contributed by atoms with Crippen molar-refractivity contribution in [3.05, 3.63) is 48.2 Å². The standard InChI is InChI=1S/C21H25N3O4.C2H2O4/c1-24-17(15-7-6-8-16(11-15)25-2)13-23-21(24)22-12-14-9-18(26-3)20(28-5)19(10-14)27-4;3-1(4)2(5)6/h6-11,13H,12H2,1-5H3,(H,22,23);(H,3,4)(H,5,6). The summed E-state index contributed by atoms with van der Waals surface area (Å²) in [6, 6.07) is 11.7. The molecular weight excluding hydrogens is 446 g/mol. The predicted molar refractivity (Wildman–Crippen MR) is 124 cm³/mol. The van der Waals surface area contributed by atoms with Gasteiger partial charge in [-0.2, -0.15) is 0 Å². The molecule has 34 heavy (non-hydrogen) atoms. The third-order valence-electron chi connectivity index (χ3n) is 4.71. The summed E-state index contributed by atoms with van der Waals surface area (Å²) in [6.45, 7) is 0.555. The first-order valence-electron chi connectivity index (χ1n) is 9.90. The number of carboxylic acid groups (broad SMARTS) is 2. The Balaban J connectivity index is 0.000000604. The molecular formula is C23H27N3O8. The van der Waals surface area contributed by atoms with Crippen LogP contribution in [0.25, 0.3) is 11.3 Å². The molecule has 3 aromatic rings. The fourth-order valence-electron chi connectivity index (χ4n) is 3.04. The average Bonchev–Trinajstić information content (AvgIpc) is 3.22. The molecule has 0 saturated carbocycles. The number of rotatable bonds is 8. The van der Waals surface area contributed by atoms with Crippen molar-refractivity contribution in [2.24, 2.45) is 7.05 Å². The maximum absolute atomic E-state index is 9.10. The molecule has 0 spiro atoms. The van der Waals surface area contributed by atoms with Crippen LogP contribution in [0.15, 0.2) is 42.6 Å². The van der Waals surface area contributed by atoms with Gasteiger partial charge in [0.05, 0.1) is 40.3 Å². The third kappa shape index (κ3) is 6.31. The molecule has 0 saturated heterocycles. The minimum Gasteiger partial charge on any atom is -0.497 e. The summed E-state index contributed by atoms with van der Waals surface area (Å²) >= 11 is 0. The molecule has 0 radical (unpaired) electrons. The molecule has 182 valence electrons. The van der Waals surface area contributed by atoms with Gasteiger partial charge in [-0.3, -0.25) is 0 Å². The SMILES string of the molecule is COc1cccc(-c2cnc(NCc3cc(OC)c(OC)c(OC)c3)n2C)c1.O=C(O)C(=O)O. The summed E-state index contributed by atoms with van der Waals surface area (Å²) < 4.78 is 23.5. The van der Waals surface area contributed by atoms with E-state index < -0.39 is 11.9 Å². The number of benzene rings is 2. The van der Waals surface area contributed by atoms with E-state index >= 15 is 0 Å². The van der Waals surface area contributed by atoms with Crippen LogP contribution in [0.4, 0.5) is 5.95 Å². The number of hydrogen-bond acceptors (Lipinski definition) is 8. The zero-order valence-corrected chi connectivity index (χ0v) is 19.5. The topological polar surface area (TPSA) is 141 Å². The monoisotopic (exact) mass is 473 g/mol. The zero-order valence-electron chi connectivity index (χ0n) is 19.5. The molecule has 0 aliphatic rings. The number of carboxylic acids is 2.